The number of amides is 1. The number of nitrogens with two attached hydrogens (primary N) is 1. The number of carbonyl (C=O) groups is 2. The second kappa shape index (κ2) is 8.08. The number of hydrogen-bond donors (Lipinski definition) is 2. The topological polar surface area (TPSA) is 81.4 Å². The first-order valence-electron chi connectivity index (χ1n) is 6.45. The highest BCUT2D eigenvalue weighted by molar-refractivity contribution is 14.1. The van der Waals surface area contributed by atoms with E-state index in [1.165, 1.54) is 0 Å². The molecule has 5 nitrogen and oxygen atoms in total. The Morgan fingerprint density at radius 2 is 2.15 bits per heavy atom. The maximum atomic E-state index is 11.8. The van der Waals surface area contributed by atoms with Gasteiger partial charge in [0.15, 0.2) is 6.61 Å². The molecule has 1 atom stereocenters. The minimum atomic E-state index is -0.584. The van der Waals surface area contributed by atoms with Crippen LogP contribution in [0.4, 0.5) is 5.69 Å². The summed E-state index contributed by atoms with van der Waals surface area (Å²) in [5.41, 5.74) is 6.34. The predicted octanol–water partition coefficient (Wildman–Crippen LogP) is 2.33. The summed E-state index contributed by atoms with van der Waals surface area (Å²) in [6.07, 6.45) is 1.88. The quantitative estimate of drug-likeness (QED) is 0.444. The summed E-state index contributed by atoms with van der Waals surface area (Å²) in [6, 6.07) is 5.15. The first kappa shape index (κ1) is 16.7. The third kappa shape index (κ3) is 5.36. The van der Waals surface area contributed by atoms with E-state index in [1.54, 1.807) is 18.2 Å². The van der Waals surface area contributed by atoms with Crippen LogP contribution in [0.25, 0.3) is 0 Å². The van der Waals surface area contributed by atoms with E-state index in [9.17, 15) is 9.59 Å². The van der Waals surface area contributed by atoms with Gasteiger partial charge in [-0.3, -0.25) is 4.79 Å². The molecular formula is C14H19IN2O3. The number of anilines is 1. The number of esters is 1. The van der Waals surface area contributed by atoms with Crippen molar-refractivity contribution < 1.29 is 14.3 Å². The number of rotatable bonds is 6. The highest BCUT2D eigenvalue weighted by Gasteiger charge is 2.14. The van der Waals surface area contributed by atoms with Crippen LogP contribution in [-0.4, -0.2) is 24.5 Å². The van der Waals surface area contributed by atoms with Crippen LogP contribution in [0.5, 0.6) is 0 Å². The molecule has 3 N–H and O–H groups in total. The van der Waals surface area contributed by atoms with E-state index in [0.29, 0.717) is 5.69 Å². The summed E-state index contributed by atoms with van der Waals surface area (Å²) in [6.45, 7) is 3.67. The van der Waals surface area contributed by atoms with Crippen molar-refractivity contribution >= 4 is 40.2 Å². The molecule has 0 aliphatic heterocycles. The molecule has 0 aromatic heterocycles. The van der Waals surface area contributed by atoms with Crippen molar-refractivity contribution in [2.45, 2.75) is 32.7 Å². The van der Waals surface area contributed by atoms with E-state index < -0.39 is 5.97 Å². The zero-order valence-corrected chi connectivity index (χ0v) is 13.8. The Morgan fingerprint density at radius 1 is 1.45 bits per heavy atom. The lowest BCUT2D eigenvalue weighted by atomic mass is 10.2. The predicted molar refractivity (Wildman–Crippen MR) is 86.4 cm³/mol. The van der Waals surface area contributed by atoms with Gasteiger partial charge in [0.2, 0.25) is 0 Å². The number of halogens is 1. The number of carbonyl (C=O) groups excluding carboxylic acids is 2. The van der Waals surface area contributed by atoms with Crippen LogP contribution in [-0.2, 0) is 9.53 Å². The maximum absolute atomic E-state index is 11.8. The van der Waals surface area contributed by atoms with Gasteiger partial charge in [0.05, 0.1) is 5.56 Å². The van der Waals surface area contributed by atoms with E-state index in [4.69, 9.17) is 10.5 Å². The second-order valence-corrected chi connectivity index (χ2v) is 5.81. The second-order valence-electron chi connectivity index (χ2n) is 4.56. The van der Waals surface area contributed by atoms with Gasteiger partial charge in [0, 0.05) is 15.3 Å². The molecule has 1 rings (SSSR count). The van der Waals surface area contributed by atoms with Crippen LogP contribution in [0.15, 0.2) is 18.2 Å². The molecule has 1 unspecified atom stereocenters. The summed E-state index contributed by atoms with van der Waals surface area (Å²) in [7, 11) is 0. The monoisotopic (exact) mass is 390 g/mol. The molecule has 1 amide bonds. The zero-order chi connectivity index (χ0) is 15.1. The number of benzene rings is 1. The molecule has 0 saturated carbocycles. The third-order valence-corrected chi connectivity index (χ3v) is 3.37. The number of nitrogen functional groups attached to an aromatic ring is 1. The number of nitrogens with one attached hydrogen (secondary N) is 1. The molecule has 0 heterocycles. The average Bonchev–Trinajstić information content (AvgIpc) is 2.39. The van der Waals surface area contributed by atoms with Gasteiger partial charge in [-0.1, -0.05) is 13.3 Å². The molecule has 1 aromatic carbocycles. The first-order chi connectivity index (χ1) is 9.43. The van der Waals surface area contributed by atoms with Crippen LogP contribution in [0.3, 0.4) is 0 Å². The highest BCUT2D eigenvalue weighted by atomic mass is 127. The van der Waals surface area contributed by atoms with Crippen molar-refractivity contribution in [3.05, 3.63) is 27.3 Å². The smallest absolute Gasteiger partial charge is 0.340 e. The van der Waals surface area contributed by atoms with E-state index in [-0.39, 0.29) is 24.1 Å². The van der Waals surface area contributed by atoms with E-state index in [0.717, 1.165) is 16.4 Å². The van der Waals surface area contributed by atoms with Crippen molar-refractivity contribution in [2.24, 2.45) is 0 Å². The van der Waals surface area contributed by atoms with Gasteiger partial charge >= 0.3 is 5.97 Å². The van der Waals surface area contributed by atoms with E-state index in [1.807, 2.05) is 13.8 Å². The van der Waals surface area contributed by atoms with Crippen LogP contribution < -0.4 is 11.1 Å². The molecule has 0 fully saturated rings. The Labute approximate surface area is 132 Å². The summed E-state index contributed by atoms with van der Waals surface area (Å²) in [5, 5.41) is 2.76. The summed E-state index contributed by atoms with van der Waals surface area (Å²) in [4.78, 5) is 23.4. The van der Waals surface area contributed by atoms with Gasteiger partial charge in [-0.15, -0.1) is 0 Å². The first-order valence-corrected chi connectivity index (χ1v) is 7.53. The van der Waals surface area contributed by atoms with Crippen molar-refractivity contribution in [2.75, 3.05) is 12.3 Å². The van der Waals surface area contributed by atoms with Crippen molar-refractivity contribution in [3.8, 4) is 0 Å². The van der Waals surface area contributed by atoms with Crippen molar-refractivity contribution in [3.63, 3.8) is 0 Å². The lowest BCUT2D eigenvalue weighted by molar-refractivity contribution is -0.124. The molecule has 20 heavy (non-hydrogen) atoms. The Morgan fingerprint density at radius 3 is 2.80 bits per heavy atom. The van der Waals surface area contributed by atoms with Gasteiger partial charge in [-0.05, 0) is 54.1 Å². The minimum Gasteiger partial charge on any atom is -0.452 e. The zero-order valence-electron chi connectivity index (χ0n) is 11.6. The van der Waals surface area contributed by atoms with Gasteiger partial charge in [-0.2, -0.15) is 0 Å². The highest BCUT2D eigenvalue weighted by Crippen LogP contribution is 2.16. The van der Waals surface area contributed by atoms with Crippen LogP contribution in [0.2, 0.25) is 0 Å². The van der Waals surface area contributed by atoms with Crippen LogP contribution >= 0.6 is 22.6 Å². The third-order valence-electron chi connectivity index (χ3n) is 2.70. The van der Waals surface area contributed by atoms with Gasteiger partial charge in [0.25, 0.3) is 5.91 Å². The molecule has 6 heteroatoms. The van der Waals surface area contributed by atoms with Gasteiger partial charge < -0.3 is 15.8 Å². The van der Waals surface area contributed by atoms with E-state index in [2.05, 4.69) is 27.9 Å². The van der Waals surface area contributed by atoms with Crippen molar-refractivity contribution in [1.29, 1.82) is 0 Å². The Kier molecular flexibility index (Phi) is 6.77. The number of hydrogen-bond acceptors (Lipinski definition) is 4. The van der Waals surface area contributed by atoms with Gasteiger partial charge in [-0.25, -0.2) is 4.79 Å². The molecule has 0 saturated heterocycles. The Balaban J connectivity index is 2.51. The largest absolute Gasteiger partial charge is 0.452 e. The lowest BCUT2D eigenvalue weighted by Gasteiger charge is -2.13. The summed E-state index contributed by atoms with van der Waals surface area (Å²) < 4.78 is 5.85. The molecule has 0 aliphatic rings. The molecule has 0 radical (unpaired) electrons. The molecule has 0 aliphatic carbocycles. The molecular weight excluding hydrogens is 371 g/mol. The SMILES string of the molecule is CCCC(C)NC(=O)COC(=O)c1cc(I)ccc1N. The molecule has 0 spiro atoms. The number of ether oxygens (including phenoxy) is 1. The summed E-state index contributed by atoms with van der Waals surface area (Å²) >= 11 is 2.08. The molecule has 1 aromatic rings. The fourth-order valence-corrected chi connectivity index (χ4v) is 2.23. The Bertz CT molecular complexity index is 491. The Hall–Kier alpha value is -1.31. The fraction of sp³-hybridized carbons (Fsp3) is 0.429. The minimum absolute atomic E-state index is 0.0777. The lowest BCUT2D eigenvalue weighted by Crippen LogP contribution is -2.35. The molecule has 0 bridgehead atoms. The average molecular weight is 390 g/mol. The summed E-state index contributed by atoms with van der Waals surface area (Å²) in [5.74, 6) is -0.886. The van der Waals surface area contributed by atoms with Crippen molar-refractivity contribution in [1.82, 2.24) is 5.32 Å². The van der Waals surface area contributed by atoms with Crippen LogP contribution in [0, 0.1) is 3.57 Å². The van der Waals surface area contributed by atoms with E-state index >= 15 is 0 Å². The maximum Gasteiger partial charge on any atom is 0.340 e. The standard InChI is InChI=1S/C14H19IN2O3/c1-3-4-9(2)17-13(18)8-20-14(19)11-7-10(15)5-6-12(11)16/h5-7,9H,3-4,8,16H2,1-2H3,(H,17,18). The fourth-order valence-electron chi connectivity index (χ4n) is 1.74. The normalized spacial score (nSPS) is 11.8. The van der Waals surface area contributed by atoms with Crippen LogP contribution in [0.1, 0.15) is 37.0 Å². The van der Waals surface area contributed by atoms with Gasteiger partial charge in [0.1, 0.15) is 0 Å². The molecule has 110 valence electrons.